The van der Waals surface area contributed by atoms with Gasteiger partial charge in [-0.2, -0.15) is 0 Å². The molecule has 1 aromatic heterocycles. The first-order valence-corrected chi connectivity index (χ1v) is 5.83. The molecule has 1 fully saturated rings. The number of carbonyl (C=O) groups is 1. The third kappa shape index (κ3) is 3.17. The molecule has 0 bridgehead atoms. The number of nitrogens with one attached hydrogen (secondary N) is 2. The summed E-state index contributed by atoms with van der Waals surface area (Å²) in [6.07, 6.45) is 3.90. The van der Waals surface area contributed by atoms with Gasteiger partial charge in [0.25, 0.3) is 5.91 Å². The van der Waals surface area contributed by atoms with Crippen molar-refractivity contribution in [3.05, 3.63) is 23.9 Å². The fourth-order valence-electron chi connectivity index (χ4n) is 1.82. The summed E-state index contributed by atoms with van der Waals surface area (Å²) < 4.78 is 5.44. The van der Waals surface area contributed by atoms with Crippen molar-refractivity contribution in [2.75, 3.05) is 25.5 Å². The monoisotopic (exact) mass is 235 g/mol. The smallest absolute Gasteiger partial charge is 0.251 e. The number of anilines is 1. The quantitative estimate of drug-likeness (QED) is 0.818. The van der Waals surface area contributed by atoms with E-state index in [1.807, 2.05) is 0 Å². The maximum Gasteiger partial charge on any atom is 0.251 e. The highest BCUT2D eigenvalue weighted by molar-refractivity contribution is 5.94. The molecule has 1 aliphatic rings. The number of rotatable bonds is 4. The van der Waals surface area contributed by atoms with Crippen molar-refractivity contribution >= 4 is 11.7 Å². The van der Waals surface area contributed by atoms with Gasteiger partial charge in [-0.3, -0.25) is 4.79 Å². The van der Waals surface area contributed by atoms with Gasteiger partial charge in [0, 0.05) is 32.0 Å². The molecular formula is C12H17N3O2. The van der Waals surface area contributed by atoms with E-state index in [2.05, 4.69) is 15.6 Å². The molecule has 0 spiro atoms. The average molecular weight is 235 g/mol. The van der Waals surface area contributed by atoms with Crippen molar-refractivity contribution in [1.29, 1.82) is 0 Å². The van der Waals surface area contributed by atoms with Crippen LogP contribution in [0.15, 0.2) is 18.3 Å². The van der Waals surface area contributed by atoms with E-state index >= 15 is 0 Å². The molecule has 0 saturated carbocycles. The van der Waals surface area contributed by atoms with Crippen molar-refractivity contribution < 1.29 is 9.53 Å². The van der Waals surface area contributed by atoms with Crippen LogP contribution in [0.2, 0.25) is 0 Å². The molecule has 5 heteroatoms. The summed E-state index contributed by atoms with van der Waals surface area (Å²) in [6, 6.07) is 3.43. The van der Waals surface area contributed by atoms with E-state index in [1.54, 1.807) is 25.4 Å². The zero-order valence-electron chi connectivity index (χ0n) is 9.90. The first-order chi connectivity index (χ1) is 8.29. The second-order valence-corrected chi connectivity index (χ2v) is 4.02. The van der Waals surface area contributed by atoms with E-state index in [-0.39, 0.29) is 12.0 Å². The Morgan fingerprint density at radius 2 is 2.53 bits per heavy atom. The van der Waals surface area contributed by atoms with Gasteiger partial charge >= 0.3 is 0 Å². The SMILES string of the molecule is CNc1cc(C(=O)NCC2CCCO2)ccn1. The molecule has 5 nitrogen and oxygen atoms in total. The normalized spacial score (nSPS) is 19.0. The summed E-state index contributed by atoms with van der Waals surface area (Å²) in [4.78, 5) is 15.9. The van der Waals surface area contributed by atoms with Gasteiger partial charge in [0.1, 0.15) is 5.82 Å². The van der Waals surface area contributed by atoms with E-state index in [4.69, 9.17) is 4.74 Å². The lowest BCUT2D eigenvalue weighted by Crippen LogP contribution is -2.31. The van der Waals surface area contributed by atoms with Crippen molar-refractivity contribution in [2.24, 2.45) is 0 Å². The van der Waals surface area contributed by atoms with Crippen LogP contribution in [0.4, 0.5) is 5.82 Å². The van der Waals surface area contributed by atoms with Crippen LogP contribution in [0.1, 0.15) is 23.2 Å². The third-order valence-electron chi connectivity index (χ3n) is 2.79. The van der Waals surface area contributed by atoms with Gasteiger partial charge in [-0.1, -0.05) is 0 Å². The van der Waals surface area contributed by atoms with Crippen LogP contribution in [0.3, 0.4) is 0 Å². The number of hydrogen-bond acceptors (Lipinski definition) is 4. The Labute approximate surface area is 101 Å². The average Bonchev–Trinajstić information content (AvgIpc) is 2.89. The van der Waals surface area contributed by atoms with E-state index in [0.29, 0.717) is 17.9 Å². The number of aromatic nitrogens is 1. The minimum atomic E-state index is -0.0839. The van der Waals surface area contributed by atoms with Crippen LogP contribution in [-0.4, -0.2) is 37.2 Å². The summed E-state index contributed by atoms with van der Waals surface area (Å²) in [5.74, 6) is 0.606. The summed E-state index contributed by atoms with van der Waals surface area (Å²) >= 11 is 0. The maximum atomic E-state index is 11.8. The highest BCUT2D eigenvalue weighted by Gasteiger charge is 2.16. The Bertz CT molecular complexity index is 389. The standard InChI is InChI=1S/C12H17N3O2/c1-13-11-7-9(4-5-14-11)12(16)15-8-10-3-2-6-17-10/h4-5,7,10H,2-3,6,8H2,1H3,(H,13,14)(H,15,16). The number of pyridine rings is 1. The summed E-state index contributed by atoms with van der Waals surface area (Å²) in [5, 5.41) is 5.78. The largest absolute Gasteiger partial charge is 0.376 e. The molecule has 0 aromatic carbocycles. The molecule has 0 radical (unpaired) electrons. The van der Waals surface area contributed by atoms with Gasteiger partial charge in [0.2, 0.25) is 0 Å². The number of ether oxygens (including phenoxy) is 1. The van der Waals surface area contributed by atoms with Crippen LogP contribution in [0.5, 0.6) is 0 Å². The topological polar surface area (TPSA) is 63.2 Å². The van der Waals surface area contributed by atoms with Gasteiger partial charge in [-0.05, 0) is 25.0 Å². The van der Waals surface area contributed by atoms with Crippen molar-refractivity contribution in [3.63, 3.8) is 0 Å². The van der Waals surface area contributed by atoms with Crippen molar-refractivity contribution in [3.8, 4) is 0 Å². The minimum absolute atomic E-state index is 0.0839. The van der Waals surface area contributed by atoms with Crippen LogP contribution in [0.25, 0.3) is 0 Å². The van der Waals surface area contributed by atoms with E-state index < -0.39 is 0 Å². The first kappa shape index (κ1) is 11.9. The lowest BCUT2D eigenvalue weighted by Gasteiger charge is -2.11. The number of amides is 1. The third-order valence-corrected chi connectivity index (χ3v) is 2.79. The lowest BCUT2D eigenvalue weighted by molar-refractivity contribution is 0.0857. The predicted octanol–water partition coefficient (Wildman–Crippen LogP) is 1.03. The Kier molecular flexibility index (Phi) is 3.93. The van der Waals surface area contributed by atoms with Gasteiger partial charge < -0.3 is 15.4 Å². The summed E-state index contributed by atoms with van der Waals surface area (Å²) in [7, 11) is 1.77. The molecule has 1 amide bonds. The molecular weight excluding hydrogens is 218 g/mol. The molecule has 2 rings (SSSR count). The molecule has 2 heterocycles. The fraction of sp³-hybridized carbons (Fsp3) is 0.500. The van der Waals surface area contributed by atoms with Crippen LogP contribution < -0.4 is 10.6 Å². The molecule has 1 saturated heterocycles. The van der Waals surface area contributed by atoms with E-state index in [0.717, 1.165) is 19.4 Å². The highest BCUT2D eigenvalue weighted by Crippen LogP contribution is 2.11. The predicted molar refractivity (Wildman–Crippen MR) is 65.1 cm³/mol. The Morgan fingerprint density at radius 3 is 3.24 bits per heavy atom. The highest BCUT2D eigenvalue weighted by atomic mass is 16.5. The van der Waals surface area contributed by atoms with Crippen molar-refractivity contribution in [1.82, 2.24) is 10.3 Å². The van der Waals surface area contributed by atoms with E-state index in [1.165, 1.54) is 0 Å². The number of hydrogen-bond donors (Lipinski definition) is 2. The number of nitrogens with zero attached hydrogens (tertiary/aromatic N) is 1. The van der Waals surface area contributed by atoms with Crippen molar-refractivity contribution in [2.45, 2.75) is 18.9 Å². The second-order valence-electron chi connectivity index (χ2n) is 4.02. The first-order valence-electron chi connectivity index (χ1n) is 5.83. The molecule has 2 N–H and O–H groups in total. The Hall–Kier alpha value is -1.62. The Morgan fingerprint density at radius 1 is 1.65 bits per heavy atom. The number of carbonyl (C=O) groups excluding carboxylic acids is 1. The minimum Gasteiger partial charge on any atom is -0.376 e. The van der Waals surface area contributed by atoms with Crippen LogP contribution in [0, 0.1) is 0 Å². The van der Waals surface area contributed by atoms with Crippen LogP contribution >= 0.6 is 0 Å². The zero-order chi connectivity index (χ0) is 12.1. The molecule has 1 aromatic rings. The second kappa shape index (κ2) is 5.63. The summed E-state index contributed by atoms with van der Waals surface area (Å²) in [6.45, 7) is 1.38. The Balaban J connectivity index is 1.89. The molecule has 1 aliphatic heterocycles. The van der Waals surface area contributed by atoms with E-state index in [9.17, 15) is 4.79 Å². The summed E-state index contributed by atoms with van der Waals surface area (Å²) in [5.41, 5.74) is 0.613. The molecule has 92 valence electrons. The lowest BCUT2D eigenvalue weighted by atomic mass is 10.2. The molecule has 17 heavy (non-hydrogen) atoms. The zero-order valence-corrected chi connectivity index (χ0v) is 9.90. The van der Waals surface area contributed by atoms with Gasteiger partial charge in [0.15, 0.2) is 0 Å². The molecule has 0 aliphatic carbocycles. The fourth-order valence-corrected chi connectivity index (χ4v) is 1.82. The molecule has 1 atom stereocenters. The van der Waals surface area contributed by atoms with Gasteiger partial charge in [-0.15, -0.1) is 0 Å². The van der Waals surface area contributed by atoms with Crippen LogP contribution in [-0.2, 0) is 4.74 Å². The molecule has 1 unspecified atom stereocenters. The van der Waals surface area contributed by atoms with Gasteiger partial charge in [0.05, 0.1) is 6.10 Å². The maximum absolute atomic E-state index is 11.8. The van der Waals surface area contributed by atoms with Gasteiger partial charge in [-0.25, -0.2) is 4.98 Å².